The average molecular weight is 274 g/mol. The van der Waals surface area contributed by atoms with Crippen LogP contribution < -0.4 is 0 Å². The van der Waals surface area contributed by atoms with Crippen LogP contribution in [0.1, 0.15) is 59.8 Å². The van der Waals surface area contributed by atoms with Crippen molar-refractivity contribution < 1.29 is 4.79 Å². The molecule has 1 amide bonds. The van der Waals surface area contributed by atoms with E-state index in [1.807, 2.05) is 0 Å². The fourth-order valence-corrected chi connectivity index (χ4v) is 2.62. The first kappa shape index (κ1) is 15.8. The maximum atomic E-state index is 12.4. The summed E-state index contributed by atoms with van der Waals surface area (Å²) in [5, 5.41) is 0. The number of likely N-dealkylation sites (tertiary alicyclic amines) is 1. The fraction of sp³-hybridized carbons (Fsp3) is 0.933. The smallest absolute Gasteiger partial charge is 0.223 e. The molecule has 0 radical (unpaired) electrons. The molecule has 1 fully saturated rings. The van der Waals surface area contributed by atoms with Gasteiger partial charge in [-0.05, 0) is 37.0 Å². The molecule has 0 aromatic carbocycles. The number of hydrogen-bond donors (Lipinski definition) is 0. The fourth-order valence-electron chi connectivity index (χ4n) is 2.46. The molecular formula is C15H28ClNO. The molecule has 0 saturated carbocycles. The summed E-state index contributed by atoms with van der Waals surface area (Å²) < 4.78 is 0. The van der Waals surface area contributed by atoms with Crippen molar-refractivity contribution in [2.75, 3.05) is 12.4 Å². The van der Waals surface area contributed by atoms with Gasteiger partial charge in [-0.3, -0.25) is 4.79 Å². The third kappa shape index (κ3) is 4.46. The molecule has 0 aromatic heterocycles. The predicted octanol–water partition coefficient (Wildman–Crippen LogP) is 4.07. The molecule has 3 heteroatoms. The summed E-state index contributed by atoms with van der Waals surface area (Å²) in [6.45, 7) is 9.75. The van der Waals surface area contributed by atoms with E-state index in [2.05, 4.69) is 32.6 Å². The van der Waals surface area contributed by atoms with Gasteiger partial charge >= 0.3 is 0 Å². The number of amides is 1. The van der Waals surface area contributed by atoms with Crippen LogP contribution in [0.3, 0.4) is 0 Å². The molecule has 2 unspecified atom stereocenters. The molecular weight excluding hydrogens is 246 g/mol. The second-order valence-electron chi connectivity index (χ2n) is 6.69. The second kappa shape index (κ2) is 6.79. The number of alkyl halides is 1. The van der Waals surface area contributed by atoms with Gasteiger partial charge < -0.3 is 4.90 Å². The van der Waals surface area contributed by atoms with E-state index in [0.29, 0.717) is 30.2 Å². The molecule has 1 aliphatic heterocycles. The van der Waals surface area contributed by atoms with Gasteiger partial charge in [-0.15, -0.1) is 11.6 Å². The molecule has 1 saturated heterocycles. The van der Waals surface area contributed by atoms with E-state index in [1.165, 1.54) is 0 Å². The summed E-state index contributed by atoms with van der Waals surface area (Å²) in [5.41, 5.74) is 0.209. The van der Waals surface area contributed by atoms with Gasteiger partial charge in [-0.1, -0.05) is 27.7 Å². The largest absolute Gasteiger partial charge is 0.340 e. The van der Waals surface area contributed by atoms with Crippen molar-refractivity contribution in [3.05, 3.63) is 0 Å². The Morgan fingerprint density at radius 2 is 2.11 bits per heavy atom. The van der Waals surface area contributed by atoms with Crippen LogP contribution in [0.25, 0.3) is 0 Å². The van der Waals surface area contributed by atoms with Crippen molar-refractivity contribution >= 4 is 17.5 Å². The van der Waals surface area contributed by atoms with Gasteiger partial charge in [0.2, 0.25) is 5.91 Å². The topological polar surface area (TPSA) is 20.3 Å². The molecule has 18 heavy (non-hydrogen) atoms. The molecule has 0 N–H and O–H groups in total. The quantitative estimate of drug-likeness (QED) is 0.692. The van der Waals surface area contributed by atoms with Gasteiger partial charge in [0.15, 0.2) is 0 Å². The Morgan fingerprint density at radius 1 is 1.44 bits per heavy atom. The standard InChI is InChI=1S/C15H28ClNO/c1-12(15(2,3)4)11-14(18)17-10-6-8-13(17)7-5-9-16/h12-13H,5-11H2,1-4H3. The van der Waals surface area contributed by atoms with Crippen LogP contribution in [0.2, 0.25) is 0 Å². The number of rotatable bonds is 5. The van der Waals surface area contributed by atoms with Crippen molar-refractivity contribution in [2.24, 2.45) is 11.3 Å². The minimum absolute atomic E-state index is 0.209. The third-order valence-corrected chi connectivity index (χ3v) is 4.59. The number of hydrogen-bond acceptors (Lipinski definition) is 1. The zero-order valence-electron chi connectivity index (χ0n) is 12.3. The van der Waals surface area contributed by atoms with Gasteiger partial charge in [-0.25, -0.2) is 0 Å². The van der Waals surface area contributed by atoms with Crippen molar-refractivity contribution in [3.63, 3.8) is 0 Å². The summed E-state index contributed by atoms with van der Waals surface area (Å²) in [4.78, 5) is 14.5. The van der Waals surface area contributed by atoms with E-state index >= 15 is 0 Å². The summed E-state index contributed by atoms with van der Waals surface area (Å²) >= 11 is 5.75. The number of carbonyl (C=O) groups excluding carboxylic acids is 1. The molecule has 0 aliphatic carbocycles. The maximum absolute atomic E-state index is 12.4. The monoisotopic (exact) mass is 273 g/mol. The van der Waals surface area contributed by atoms with E-state index < -0.39 is 0 Å². The van der Waals surface area contributed by atoms with E-state index in [9.17, 15) is 4.79 Å². The van der Waals surface area contributed by atoms with Gasteiger partial charge in [0.1, 0.15) is 0 Å². The molecule has 106 valence electrons. The minimum Gasteiger partial charge on any atom is -0.340 e. The van der Waals surface area contributed by atoms with Crippen molar-refractivity contribution in [3.8, 4) is 0 Å². The maximum Gasteiger partial charge on any atom is 0.223 e. The van der Waals surface area contributed by atoms with Crippen LogP contribution in [0.15, 0.2) is 0 Å². The van der Waals surface area contributed by atoms with Gasteiger partial charge in [0.05, 0.1) is 0 Å². The Balaban J connectivity index is 2.50. The number of nitrogens with zero attached hydrogens (tertiary/aromatic N) is 1. The molecule has 2 nitrogen and oxygen atoms in total. The molecule has 0 aromatic rings. The normalized spacial score (nSPS) is 22.3. The summed E-state index contributed by atoms with van der Waals surface area (Å²) in [6.07, 6.45) is 5.08. The first-order valence-corrected chi connectivity index (χ1v) is 7.75. The molecule has 1 rings (SSSR count). The van der Waals surface area contributed by atoms with Crippen LogP contribution in [0, 0.1) is 11.3 Å². The van der Waals surface area contributed by atoms with Gasteiger partial charge in [-0.2, -0.15) is 0 Å². The van der Waals surface area contributed by atoms with Gasteiger partial charge in [0.25, 0.3) is 0 Å². The summed E-state index contributed by atoms with van der Waals surface area (Å²) in [6, 6.07) is 0.448. The van der Waals surface area contributed by atoms with Crippen LogP contribution in [-0.4, -0.2) is 29.3 Å². The van der Waals surface area contributed by atoms with E-state index in [1.54, 1.807) is 0 Å². The molecule has 0 spiro atoms. The zero-order valence-corrected chi connectivity index (χ0v) is 13.1. The third-order valence-electron chi connectivity index (χ3n) is 4.33. The van der Waals surface area contributed by atoms with E-state index in [0.717, 1.165) is 32.2 Å². The lowest BCUT2D eigenvalue weighted by Gasteiger charge is -2.31. The average Bonchev–Trinajstić information content (AvgIpc) is 2.72. The Kier molecular flexibility index (Phi) is 5.97. The van der Waals surface area contributed by atoms with Crippen molar-refractivity contribution in [1.29, 1.82) is 0 Å². The molecule has 1 aliphatic rings. The Bertz CT molecular complexity index is 272. The Morgan fingerprint density at radius 3 is 2.67 bits per heavy atom. The van der Waals surface area contributed by atoms with Gasteiger partial charge in [0, 0.05) is 24.9 Å². The van der Waals surface area contributed by atoms with E-state index in [-0.39, 0.29) is 5.41 Å². The lowest BCUT2D eigenvalue weighted by Crippen LogP contribution is -2.37. The highest BCUT2D eigenvalue weighted by atomic mass is 35.5. The highest BCUT2D eigenvalue weighted by molar-refractivity contribution is 6.17. The second-order valence-corrected chi connectivity index (χ2v) is 7.06. The lowest BCUT2D eigenvalue weighted by molar-refractivity contribution is -0.133. The van der Waals surface area contributed by atoms with E-state index in [4.69, 9.17) is 11.6 Å². The molecule has 2 atom stereocenters. The van der Waals surface area contributed by atoms with Crippen LogP contribution >= 0.6 is 11.6 Å². The van der Waals surface area contributed by atoms with Crippen LogP contribution in [0.5, 0.6) is 0 Å². The number of halogens is 1. The minimum atomic E-state index is 0.209. The Hall–Kier alpha value is -0.240. The van der Waals surface area contributed by atoms with Crippen molar-refractivity contribution in [2.45, 2.75) is 65.8 Å². The molecule has 1 heterocycles. The molecule has 0 bridgehead atoms. The van der Waals surface area contributed by atoms with Crippen LogP contribution in [-0.2, 0) is 4.79 Å². The highest BCUT2D eigenvalue weighted by Crippen LogP contribution is 2.30. The first-order chi connectivity index (χ1) is 8.36. The SMILES string of the molecule is CC(CC(=O)N1CCCC1CCCCl)C(C)(C)C. The zero-order chi connectivity index (χ0) is 13.8. The number of carbonyl (C=O) groups is 1. The lowest BCUT2D eigenvalue weighted by atomic mass is 9.80. The summed E-state index contributed by atoms with van der Waals surface area (Å²) in [5.74, 6) is 1.48. The highest BCUT2D eigenvalue weighted by Gasteiger charge is 2.31. The van der Waals surface area contributed by atoms with Crippen molar-refractivity contribution in [1.82, 2.24) is 4.90 Å². The summed E-state index contributed by atoms with van der Waals surface area (Å²) in [7, 11) is 0. The first-order valence-electron chi connectivity index (χ1n) is 7.21. The Labute approximate surface area is 117 Å². The predicted molar refractivity (Wildman–Crippen MR) is 77.9 cm³/mol. The van der Waals surface area contributed by atoms with Crippen LogP contribution in [0.4, 0.5) is 0 Å².